The van der Waals surface area contributed by atoms with Crippen LogP contribution in [0.5, 0.6) is 0 Å². The second-order valence-electron chi connectivity index (χ2n) is 4.10. The Morgan fingerprint density at radius 3 is 2.86 bits per heavy atom. The molecule has 2 rings (SSSR count). The number of aromatic nitrogens is 2. The van der Waals surface area contributed by atoms with Gasteiger partial charge in [-0.25, -0.2) is 22.5 Å². The van der Waals surface area contributed by atoms with Crippen LogP contribution in [0.4, 0.5) is 10.1 Å². The molecule has 0 radical (unpaired) electrons. The molecule has 0 spiro atoms. The first kappa shape index (κ1) is 16.2. The van der Waals surface area contributed by atoms with E-state index in [4.69, 9.17) is 17.3 Å². The molecule has 21 heavy (non-hydrogen) atoms. The first-order valence-corrected chi connectivity index (χ1v) is 8.36. The number of nitrogens with one attached hydrogen (secondary N) is 1. The number of halogens is 3. The molecule has 0 amide bonds. The highest BCUT2D eigenvalue weighted by Crippen LogP contribution is 2.34. The van der Waals surface area contributed by atoms with E-state index in [1.807, 2.05) is 0 Å². The monoisotopic (exact) mass is 396 g/mol. The van der Waals surface area contributed by atoms with Gasteiger partial charge in [-0.2, -0.15) is 0 Å². The summed E-state index contributed by atoms with van der Waals surface area (Å²) in [6.07, 6.45) is 4.80. The average Bonchev–Trinajstić information content (AvgIpc) is 2.93. The quantitative estimate of drug-likeness (QED) is 0.596. The summed E-state index contributed by atoms with van der Waals surface area (Å²) in [6.45, 7) is 0.437. The minimum absolute atomic E-state index is 0.0175. The Hall–Kier alpha value is -1.16. The number of hydrogen-bond donors (Lipinski definition) is 2. The fourth-order valence-corrected chi connectivity index (χ4v) is 3.30. The molecule has 114 valence electrons. The molecule has 1 aromatic carbocycles. The predicted molar refractivity (Wildman–Crippen MR) is 80.9 cm³/mol. The maximum absolute atomic E-state index is 14.0. The maximum Gasteiger partial charge on any atom is 0.243 e. The van der Waals surface area contributed by atoms with E-state index < -0.39 is 20.7 Å². The van der Waals surface area contributed by atoms with Crippen LogP contribution in [0, 0.1) is 5.82 Å². The van der Waals surface area contributed by atoms with E-state index in [2.05, 4.69) is 25.6 Å². The standard InChI is InChI=1S/C11H11BrClFN4O2S/c12-9-7(13)5-8(10(14)11(9)15)21(19,20)17-2-4-18-3-1-16-6-18/h1,3,5-6,17H,2,4,15H2. The fraction of sp³-hybridized carbons (Fsp3) is 0.182. The molecule has 6 nitrogen and oxygen atoms in total. The highest BCUT2D eigenvalue weighted by Gasteiger charge is 2.23. The summed E-state index contributed by atoms with van der Waals surface area (Å²) >= 11 is 8.80. The van der Waals surface area contributed by atoms with Gasteiger partial charge in [-0.3, -0.25) is 0 Å². The predicted octanol–water partition coefficient (Wildman–Crippen LogP) is 2.00. The van der Waals surface area contributed by atoms with Gasteiger partial charge in [0.05, 0.1) is 21.5 Å². The number of nitrogens with two attached hydrogens (primary N) is 1. The van der Waals surface area contributed by atoms with Gasteiger partial charge in [0, 0.05) is 25.5 Å². The smallest absolute Gasteiger partial charge is 0.243 e. The number of nitrogen functional groups attached to an aromatic ring is 1. The molecular weight excluding hydrogens is 387 g/mol. The Morgan fingerprint density at radius 2 is 2.24 bits per heavy atom. The Labute approximate surface area is 134 Å². The summed E-state index contributed by atoms with van der Waals surface area (Å²) in [6, 6.07) is 1.01. The molecule has 10 heteroatoms. The van der Waals surface area contributed by atoms with Gasteiger partial charge >= 0.3 is 0 Å². The number of sulfonamides is 1. The van der Waals surface area contributed by atoms with Gasteiger partial charge in [0.25, 0.3) is 0 Å². The molecule has 1 aromatic heterocycles. The second kappa shape index (κ2) is 6.30. The van der Waals surface area contributed by atoms with Gasteiger partial charge < -0.3 is 10.3 Å². The largest absolute Gasteiger partial charge is 0.395 e. The normalized spacial score (nSPS) is 11.8. The Balaban J connectivity index is 2.20. The van der Waals surface area contributed by atoms with Crippen molar-refractivity contribution < 1.29 is 12.8 Å². The van der Waals surface area contributed by atoms with Crippen molar-refractivity contribution in [2.45, 2.75) is 11.4 Å². The summed E-state index contributed by atoms with van der Waals surface area (Å²) < 4.78 is 42.3. The zero-order chi connectivity index (χ0) is 15.6. The van der Waals surface area contributed by atoms with Crippen LogP contribution in [0.3, 0.4) is 0 Å². The first-order chi connectivity index (χ1) is 9.83. The van der Waals surface area contributed by atoms with Crippen molar-refractivity contribution in [1.29, 1.82) is 0 Å². The van der Waals surface area contributed by atoms with Gasteiger partial charge in [0.2, 0.25) is 10.0 Å². The average molecular weight is 398 g/mol. The van der Waals surface area contributed by atoms with Crippen molar-refractivity contribution in [3.05, 3.63) is 40.1 Å². The minimum Gasteiger partial charge on any atom is -0.395 e. The van der Waals surface area contributed by atoms with E-state index in [0.29, 0.717) is 6.54 Å². The van der Waals surface area contributed by atoms with Gasteiger partial charge in [-0.15, -0.1) is 0 Å². The lowest BCUT2D eigenvalue weighted by molar-refractivity contribution is 0.553. The Morgan fingerprint density at radius 1 is 1.52 bits per heavy atom. The van der Waals surface area contributed by atoms with Crippen LogP contribution < -0.4 is 10.5 Å². The molecule has 2 aromatic rings. The summed E-state index contributed by atoms with van der Waals surface area (Å²) in [5.41, 5.74) is 5.13. The molecule has 0 aliphatic heterocycles. The van der Waals surface area contributed by atoms with Crippen LogP contribution in [0.25, 0.3) is 0 Å². The molecule has 0 atom stereocenters. The van der Waals surface area contributed by atoms with Crippen molar-refractivity contribution in [1.82, 2.24) is 14.3 Å². The van der Waals surface area contributed by atoms with Gasteiger partial charge in [0.15, 0.2) is 5.82 Å². The first-order valence-electron chi connectivity index (χ1n) is 5.71. The lowest BCUT2D eigenvalue weighted by Crippen LogP contribution is -2.28. The number of hydrogen-bond acceptors (Lipinski definition) is 4. The number of imidazole rings is 1. The number of anilines is 1. The Kier molecular flexibility index (Phi) is 4.87. The summed E-state index contributed by atoms with van der Waals surface area (Å²) in [7, 11) is -4.05. The third kappa shape index (κ3) is 3.54. The number of nitrogens with zero attached hydrogens (tertiary/aromatic N) is 2. The molecule has 0 saturated heterocycles. The van der Waals surface area contributed by atoms with E-state index in [0.717, 1.165) is 6.07 Å². The highest BCUT2D eigenvalue weighted by atomic mass is 79.9. The second-order valence-corrected chi connectivity index (χ2v) is 7.03. The molecular formula is C11H11BrClFN4O2S. The van der Waals surface area contributed by atoms with Crippen LogP contribution >= 0.6 is 27.5 Å². The third-order valence-corrected chi connectivity index (χ3v) is 5.51. The van der Waals surface area contributed by atoms with Crippen LogP contribution in [-0.2, 0) is 16.6 Å². The van der Waals surface area contributed by atoms with E-state index in [-0.39, 0.29) is 21.7 Å². The number of rotatable bonds is 5. The fourth-order valence-electron chi connectivity index (χ4n) is 1.60. The van der Waals surface area contributed by atoms with Crippen LogP contribution in [0.2, 0.25) is 5.02 Å². The van der Waals surface area contributed by atoms with Gasteiger partial charge in [-0.1, -0.05) is 11.6 Å². The summed E-state index contributed by atoms with van der Waals surface area (Å²) in [5, 5.41) is 0.0175. The molecule has 0 bridgehead atoms. The van der Waals surface area contributed by atoms with Crippen LogP contribution in [-0.4, -0.2) is 24.5 Å². The third-order valence-electron chi connectivity index (χ3n) is 2.67. The zero-order valence-electron chi connectivity index (χ0n) is 10.6. The van der Waals surface area contributed by atoms with Crippen molar-refractivity contribution in [2.75, 3.05) is 12.3 Å². The zero-order valence-corrected chi connectivity index (χ0v) is 13.7. The highest BCUT2D eigenvalue weighted by molar-refractivity contribution is 9.10. The Bertz CT molecular complexity index is 752. The molecule has 0 saturated carbocycles. The van der Waals surface area contributed by atoms with Crippen molar-refractivity contribution in [2.24, 2.45) is 0 Å². The SMILES string of the molecule is Nc1c(F)c(S(=O)(=O)NCCn2ccnc2)cc(Cl)c1Br. The molecule has 3 N–H and O–H groups in total. The van der Waals surface area contributed by atoms with E-state index >= 15 is 0 Å². The maximum atomic E-state index is 14.0. The summed E-state index contributed by atoms with van der Waals surface area (Å²) in [5.74, 6) is -1.04. The van der Waals surface area contributed by atoms with Crippen molar-refractivity contribution in [3.8, 4) is 0 Å². The number of benzene rings is 1. The summed E-state index contributed by atoms with van der Waals surface area (Å²) in [4.78, 5) is 3.24. The lowest BCUT2D eigenvalue weighted by Gasteiger charge is -2.11. The van der Waals surface area contributed by atoms with Crippen molar-refractivity contribution >= 4 is 43.2 Å². The molecule has 0 fully saturated rings. The lowest BCUT2D eigenvalue weighted by atomic mass is 10.3. The molecule has 0 aliphatic rings. The topological polar surface area (TPSA) is 90.0 Å². The van der Waals surface area contributed by atoms with E-state index in [1.54, 1.807) is 23.3 Å². The van der Waals surface area contributed by atoms with Crippen LogP contribution in [0.1, 0.15) is 0 Å². The van der Waals surface area contributed by atoms with E-state index in [9.17, 15) is 12.8 Å². The minimum atomic E-state index is -4.05. The molecule has 0 aliphatic carbocycles. The molecule has 0 unspecified atom stereocenters. The van der Waals surface area contributed by atoms with Gasteiger partial charge in [-0.05, 0) is 22.0 Å². The molecule has 1 heterocycles. The van der Waals surface area contributed by atoms with Gasteiger partial charge in [0.1, 0.15) is 4.90 Å². The van der Waals surface area contributed by atoms with Crippen molar-refractivity contribution in [3.63, 3.8) is 0 Å². The van der Waals surface area contributed by atoms with E-state index in [1.165, 1.54) is 0 Å². The van der Waals surface area contributed by atoms with Crippen LogP contribution in [0.15, 0.2) is 34.2 Å².